The van der Waals surface area contributed by atoms with Gasteiger partial charge in [0.05, 0.1) is 0 Å². The van der Waals surface area contributed by atoms with Crippen LogP contribution in [0.4, 0.5) is 5.69 Å². The number of carboxylic acid groups (broad SMARTS) is 1. The summed E-state index contributed by atoms with van der Waals surface area (Å²) in [5, 5.41) is 12.5. The zero-order chi connectivity index (χ0) is 11.3. The maximum absolute atomic E-state index is 10.9. The van der Waals surface area contributed by atoms with Gasteiger partial charge in [-0.25, -0.2) is 4.79 Å². The Kier molecular flexibility index (Phi) is 4.43. The number of carbonyl (C=O) groups is 1. The van der Waals surface area contributed by atoms with Crippen molar-refractivity contribution in [2.24, 2.45) is 0 Å². The molecule has 1 atom stereocenters. The van der Waals surface area contributed by atoms with Crippen LogP contribution in [0, 0.1) is 0 Å². The van der Waals surface area contributed by atoms with Gasteiger partial charge in [-0.2, -0.15) is 0 Å². The molecule has 0 aliphatic heterocycles. The molecule has 0 aromatic heterocycles. The molecular formula is C11H14ClNO2. The van der Waals surface area contributed by atoms with E-state index in [9.17, 15) is 4.79 Å². The normalized spacial score (nSPS) is 12.1. The van der Waals surface area contributed by atoms with Gasteiger partial charge in [0.15, 0.2) is 0 Å². The van der Waals surface area contributed by atoms with Crippen molar-refractivity contribution in [3.63, 3.8) is 0 Å². The quantitative estimate of drug-likeness (QED) is 0.813. The second-order valence-corrected chi connectivity index (χ2v) is 3.77. The van der Waals surface area contributed by atoms with Crippen molar-refractivity contribution in [1.82, 2.24) is 0 Å². The topological polar surface area (TPSA) is 49.3 Å². The summed E-state index contributed by atoms with van der Waals surface area (Å²) in [6, 6.07) is 6.51. The van der Waals surface area contributed by atoms with Crippen LogP contribution < -0.4 is 5.32 Å². The van der Waals surface area contributed by atoms with Gasteiger partial charge in [-0.1, -0.05) is 31.0 Å². The van der Waals surface area contributed by atoms with E-state index in [0.717, 1.165) is 12.1 Å². The van der Waals surface area contributed by atoms with E-state index in [-0.39, 0.29) is 0 Å². The second kappa shape index (κ2) is 5.61. The highest BCUT2D eigenvalue weighted by Crippen LogP contribution is 2.16. The number of halogens is 1. The molecule has 15 heavy (non-hydrogen) atoms. The van der Waals surface area contributed by atoms with Gasteiger partial charge in [-0.3, -0.25) is 0 Å². The summed E-state index contributed by atoms with van der Waals surface area (Å²) in [4.78, 5) is 10.9. The van der Waals surface area contributed by atoms with Crippen LogP contribution in [0.2, 0.25) is 5.02 Å². The van der Waals surface area contributed by atoms with E-state index in [1.54, 1.807) is 24.3 Å². The summed E-state index contributed by atoms with van der Waals surface area (Å²) >= 11 is 5.80. The predicted molar refractivity (Wildman–Crippen MR) is 61.4 cm³/mol. The van der Waals surface area contributed by atoms with Crippen molar-refractivity contribution in [1.29, 1.82) is 0 Å². The van der Waals surface area contributed by atoms with Crippen LogP contribution in [-0.4, -0.2) is 17.1 Å². The molecule has 0 fully saturated rings. The van der Waals surface area contributed by atoms with Gasteiger partial charge in [0.25, 0.3) is 0 Å². The van der Waals surface area contributed by atoms with E-state index in [1.165, 1.54) is 0 Å². The molecule has 3 nitrogen and oxygen atoms in total. The predicted octanol–water partition coefficient (Wildman–Crippen LogP) is 3.01. The average Bonchev–Trinajstić information content (AvgIpc) is 2.17. The molecule has 0 heterocycles. The molecule has 0 aliphatic rings. The molecule has 1 aromatic rings. The van der Waals surface area contributed by atoms with Crippen molar-refractivity contribution in [3.05, 3.63) is 29.3 Å². The lowest BCUT2D eigenvalue weighted by molar-refractivity contribution is -0.138. The van der Waals surface area contributed by atoms with Crippen LogP contribution >= 0.6 is 11.6 Å². The van der Waals surface area contributed by atoms with Crippen LogP contribution in [0.25, 0.3) is 0 Å². The largest absolute Gasteiger partial charge is 0.480 e. The fraction of sp³-hybridized carbons (Fsp3) is 0.364. The molecule has 82 valence electrons. The lowest BCUT2D eigenvalue weighted by Gasteiger charge is -2.14. The minimum absolute atomic E-state index is 0.548. The van der Waals surface area contributed by atoms with Crippen molar-refractivity contribution in [2.45, 2.75) is 25.8 Å². The fourth-order valence-corrected chi connectivity index (χ4v) is 1.52. The lowest BCUT2D eigenvalue weighted by Crippen LogP contribution is -2.28. The minimum Gasteiger partial charge on any atom is -0.480 e. The van der Waals surface area contributed by atoms with E-state index >= 15 is 0 Å². The molecule has 1 rings (SSSR count). The molecule has 2 N–H and O–H groups in total. The Morgan fingerprint density at radius 2 is 2.33 bits per heavy atom. The molecule has 0 saturated heterocycles. The van der Waals surface area contributed by atoms with Crippen molar-refractivity contribution < 1.29 is 9.90 Å². The Hall–Kier alpha value is -1.22. The van der Waals surface area contributed by atoms with Crippen LogP contribution in [0.1, 0.15) is 19.8 Å². The lowest BCUT2D eigenvalue weighted by atomic mass is 10.1. The van der Waals surface area contributed by atoms with Crippen molar-refractivity contribution in [3.8, 4) is 0 Å². The SMILES string of the molecule is CCC[C@H](Nc1cccc(Cl)c1)C(=O)O. The van der Waals surface area contributed by atoms with E-state index in [1.807, 2.05) is 6.92 Å². The summed E-state index contributed by atoms with van der Waals surface area (Å²) in [5.41, 5.74) is 0.739. The third-order valence-corrected chi connectivity index (χ3v) is 2.28. The van der Waals surface area contributed by atoms with Gasteiger partial charge in [0.1, 0.15) is 6.04 Å². The zero-order valence-corrected chi connectivity index (χ0v) is 9.29. The van der Waals surface area contributed by atoms with E-state index in [2.05, 4.69) is 5.32 Å². The van der Waals surface area contributed by atoms with Crippen molar-refractivity contribution >= 4 is 23.3 Å². The van der Waals surface area contributed by atoms with E-state index in [0.29, 0.717) is 11.4 Å². The first-order valence-corrected chi connectivity index (χ1v) is 5.26. The maximum atomic E-state index is 10.9. The number of nitrogens with one attached hydrogen (secondary N) is 1. The first-order valence-electron chi connectivity index (χ1n) is 4.88. The zero-order valence-electron chi connectivity index (χ0n) is 8.53. The fourth-order valence-electron chi connectivity index (χ4n) is 1.33. The molecule has 1 aromatic carbocycles. The first kappa shape index (κ1) is 11.9. The highest BCUT2D eigenvalue weighted by Gasteiger charge is 2.15. The summed E-state index contributed by atoms with van der Waals surface area (Å²) < 4.78 is 0. The van der Waals surface area contributed by atoms with Crippen molar-refractivity contribution in [2.75, 3.05) is 5.32 Å². The van der Waals surface area contributed by atoms with Gasteiger partial charge in [0, 0.05) is 10.7 Å². The number of anilines is 1. The smallest absolute Gasteiger partial charge is 0.326 e. The Balaban J connectivity index is 2.69. The van der Waals surface area contributed by atoms with E-state index < -0.39 is 12.0 Å². The van der Waals surface area contributed by atoms with E-state index in [4.69, 9.17) is 16.7 Å². The third-order valence-electron chi connectivity index (χ3n) is 2.04. The minimum atomic E-state index is -0.836. The molecule has 0 saturated carbocycles. The number of hydrogen-bond acceptors (Lipinski definition) is 2. The highest BCUT2D eigenvalue weighted by molar-refractivity contribution is 6.30. The molecule has 0 spiro atoms. The number of hydrogen-bond donors (Lipinski definition) is 2. The molecule has 0 amide bonds. The average molecular weight is 228 g/mol. The molecule has 0 aliphatic carbocycles. The molecule has 0 bridgehead atoms. The maximum Gasteiger partial charge on any atom is 0.326 e. The van der Waals surface area contributed by atoms with Gasteiger partial charge in [-0.05, 0) is 24.6 Å². The van der Waals surface area contributed by atoms with Gasteiger partial charge in [-0.15, -0.1) is 0 Å². The Morgan fingerprint density at radius 3 is 2.87 bits per heavy atom. The highest BCUT2D eigenvalue weighted by atomic mass is 35.5. The first-order chi connectivity index (χ1) is 7.13. The molecule has 0 radical (unpaired) electrons. The Bertz CT molecular complexity index is 341. The summed E-state index contributed by atoms with van der Waals surface area (Å²) in [5.74, 6) is -0.836. The summed E-state index contributed by atoms with van der Waals surface area (Å²) in [6.07, 6.45) is 1.42. The molecule has 0 unspecified atom stereocenters. The van der Waals surface area contributed by atoms with Crippen LogP contribution in [0.5, 0.6) is 0 Å². The monoisotopic (exact) mass is 227 g/mol. The summed E-state index contributed by atoms with van der Waals surface area (Å²) in [6.45, 7) is 1.95. The van der Waals surface area contributed by atoms with Crippen LogP contribution in [0.15, 0.2) is 24.3 Å². The number of aliphatic carboxylic acids is 1. The van der Waals surface area contributed by atoms with Gasteiger partial charge < -0.3 is 10.4 Å². The third kappa shape index (κ3) is 3.80. The van der Waals surface area contributed by atoms with Gasteiger partial charge in [0.2, 0.25) is 0 Å². The number of benzene rings is 1. The molecule has 4 heteroatoms. The summed E-state index contributed by atoms with van der Waals surface area (Å²) in [7, 11) is 0. The number of rotatable bonds is 5. The van der Waals surface area contributed by atoms with Gasteiger partial charge >= 0.3 is 5.97 Å². The van der Waals surface area contributed by atoms with Crippen LogP contribution in [-0.2, 0) is 4.79 Å². The second-order valence-electron chi connectivity index (χ2n) is 3.33. The molecular weight excluding hydrogens is 214 g/mol. The Morgan fingerprint density at radius 1 is 1.60 bits per heavy atom. The van der Waals surface area contributed by atoms with Crippen LogP contribution in [0.3, 0.4) is 0 Å². The Labute approximate surface area is 94.1 Å². The number of carboxylic acids is 1. The standard InChI is InChI=1S/C11H14ClNO2/c1-2-4-10(11(14)15)13-9-6-3-5-8(12)7-9/h3,5-7,10,13H,2,4H2,1H3,(H,14,15)/t10-/m0/s1.